The van der Waals surface area contributed by atoms with Crippen molar-refractivity contribution >= 4 is 11.5 Å². The third kappa shape index (κ3) is 2.57. The minimum Gasteiger partial charge on any atom is -0.496 e. The van der Waals surface area contributed by atoms with Gasteiger partial charge in [0.05, 0.1) is 14.2 Å². The molecule has 106 valence electrons. The fraction of sp³-hybridized carbons (Fsp3) is 0.267. The number of benzene rings is 1. The molecule has 1 aromatic carbocycles. The van der Waals surface area contributed by atoms with E-state index in [1.165, 1.54) is 13.2 Å². The van der Waals surface area contributed by atoms with Crippen LogP contribution in [0.1, 0.15) is 12.0 Å². The predicted molar refractivity (Wildman–Crippen MR) is 70.0 cm³/mol. The van der Waals surface area contributed by atoms with Crippen LogP contribution < -0.4 is 0 Å². The van der Waals surface area contributed by atoms with Crippen molar-refractivity contribution in [3.63, 3.8) is 0 Å². The first kappa shape index (κ1) is 14.2. The molecule has 0 heterocycles. The third-order valence-corrected chi connectivity index (χ3v) is 3.08. The van der Waals surface area contributed by atoms with Gasteiger partial charge in [-0.05, 0) is 17.2 Å². The average molecular weight is 280 g/mol. The number of methoxy groups -OCH3 is 2. The van der Waals surface area contributed by atoms with E-state index in [1.54, 1.807) is 30.3 Å². The number of esters is 1. The molecule has 20 heavy (non-hydrogen) atoms. The lowest BCUT2D eigenvalue weighted by molar-refractivity contribution is -0.140. The molecule has 5 heteroatoms. The van der Waals surface area contributed by atoms with E-state index in [9.17, 15) is 13.6 Å². The summed E-state index contributed by atoms with van der Waals surface area (Å²) in [5.74, 6) is -4.56. The Morgan fingerprint density at radius 3 is 2.40 bits per heavy atom. The van der Waals surface area contributed by atoms with Gasteiger partial charge in [-0.1, -0.05) is 30.3 Å². The van der Waals surface area contributed by atoms with E-state index in [0.717, 1.165) is 7.11 Å². The Bertz CT molecular complexity index is 574. The van der Waals surface area contributed by atoms with Gasteiger partial charge >= 0.3 is 5.97 Å². The maximum atomic E-state index is 14.2. The van der Waals surface area contributed by atoms with Gasteiger partial charge in [-0.2, -0.15) is 0 Å². The first-order chi connectivity index (χ1) is 9.49. The molecule has 0 aromatic heterocycles. The van der Waals surface area contributed by atoms with Crippen LogP contribution in [0.4, 0.5) is 8.78 Å². The average Bonchev–Trinajstić information content (AvgIpc) is 2.45. The number of carbonyl (C=O) groups excluding carboxylic acids is 1. The van der Waals surface area contributed by atoms with Crippen LogP contribution in [0.25, 0.3) is 5.57 Å². The molecule has 0 fully saturated rings. The quantitative estimate of drug-likeness (QED) is 0.798. The predicted octanol–water partition coefficient (Wildman–Crippen LogP) is 3.18. The van der Waals surface area contributed by atoms with Crippen molar-refractivity contribution in [1.29, 1.82) is 0 Å². The molecule has 2 rings (SSSR count). The second-order valence-electron chi connectivity index (χ2n) is 4.35. The maximum Gasteiger partial charge on any atom is 0.343 e. The van der Waals surface area contributed by atoms with Crippen molar-refractivity contribution in [2.24, 2.45) is 0 Å². The highest BCUT2D eigenvalue weighted by molar-refractivity contribution is 5.93. The molecule has 0 unspecified atom stereocenters. The van der Waals surface area contributed by atoms with Gasteiger partial charge in [0.15, 0.2) is 0 Å². The summed E-state index contributed by atoms with van der Waals surface area (Å²) in [6, 6.07) is 8.80. The van der Waals surface area contributed by atoms with Crippen LogP contribution in [0.3, 0.4) is 0 Å². The van der Waals surface area contributed by atoms with Crippen LogP contribution in [0.5, 0.6) is 0 Å². The molecular formula is C15H14F2O3. The SMILES string of the molecule is COC(=O)C1=C(OC)C=C(c2ccccc2)CC1(F)F. The standard InChI is InChI=1S/C15H14F2O3/c1-19-12-8-11(10-6-4-3-5-7-10)9-15(16,17)13(12)14(18)20-2/h3-8H,9H2,1-2H3. The van der Waals surface area contributed by atoms with Gasteiger partial charge in [0, 0.05) is 6.42 Å². The number of hydrogen-bond donors (Lipinski definition) is 0. The second kappa shape index (κ2) is 5.45. The first-order valence-electron chi connectivity index (χ1n) is 6.00. The molecule has 0 N–H and O–H groups in total. The molecule has 0 aliphatic heterocycles. The monoisotopic (exact) mass is 280 g/mol. The number of alkyl halides is 2. The fourth-order valence-electron chi connectivity index (χ4n) is 2.14. The highest BCUT2D eigenvalue weighted by Gasteiger charge is 2.45. The van der Waals surface area contributed by atoms with Crippen LogP contribution in [-0.4, -0.2) is 26.1 Å². The summed E-state index contributed by atoms with van der Waals surface area (Å²) in [5.41, 5.74) is 0.355. The second-order valence-corrected chi connectivity index (χ2v) is 4.35. The Morgan fingerprint density at radius 2 is 1.85 bits per heavy atom. The van der Waals surface area contributed by atoms with Crippen molar-refractivity contribution in [3.05, 3.63) is 53.3 Å². The normalized spacial score (nSPS) is 17.5. The first-order valence-corrected chi connectivity index (χ1v) is 6.00. The van der Waals surface area contributed by atoms with Crippen LogP contribution in [0, 0.1) is 0 Å². The van der Waals surface area contributed by atoms with Gasteiger partial charge in [-0.3, -0.25) is 0 Å². The van der Waals surface area contributed by atoms with Gasteiger partial charge < -0.3 is 9.47 Å². The van der Waals surface area contributed by atoms with E-state index in [0.29, 0.717) is 11.1 Å². The van der Waals surface area contributed by atoms with Crippen molar-refractivity contribution in [3.8, 4) is 0 Å². The molecule has 0 saturated carbocycles. The Kier molecular flexibility index (Phi) is 3.88. The van der Waals surface area contributed by atoms with E-state index in [-0.39, 0.29) is 5.76 Å². The van der Waals surface area contributed by atoms with E-state index >= 15 is 0 Å². The summed E-state index contributed by atoms with van der Waals surface area (Å²) < 4.78 is 37.7. The molecule has 1 aliphatic rings. The number of halogens is 2. The molecular weight excluding hydrogens is 266 g/mol. The minimum atomic E-state index is -3.32. The smallest absolute Gasteiger partial charge is 0.343 e. The van der Waals surface area contributed by atoms with Crippen LogP contribution >= 0.6 is 0 Å². The molecule has 1 aromatic rings. The zero-order valence-electron chi connectivity index (χ0n) is 11.2. The third-order valence-electron chi connectivity index (χ3n) is 3.08. The Balaban J connectivity index is 2.53. The molecule has 0 radical (unpaired) electrons. The number of allylic oxidation sites excluding steroid dienone is 2. The van der Waals surface area contributed by atoms with Gasteiger partial charge in [0.25, 0.3) is 5.92 Å². The molecule has 3 nitrogen and oxygen atoms in total. The molecule has 0 saturated heterocycles. The number of ether oxygens (including phenoxy) is 2. The molecule has 0 amide bonds. The lowest BCUT2D eigenvalue weighted by atomic mass is 9.89. The van der Waals surface area contributed by atoms with Gasteiger partial charge in [-0.25, -0.2) is 13.6 Å². The zero-order chi connectivity index (χ0) is 14.8. The van der Waals surface area contributed by atoms with Crippen molar-refractivity contribution in [2.45, 2.75) is 12.3 Å². The molecule has 0 atom stereocenters. The van der Waals surface area contributed by atoms with Crippen LogP contribution in [0.15, 0.2) is 47.7 Å². The zero-order valence-corrected chi connectivity index (χ0v) is 11.2. The largest absolute Gasteiger partial charge is 0.496 e. The summed E-state index contributed by atoms with van der Waals surface area (Å²) in [5, 5.41) is 0. The van der Waals surface area contributed by atoms with Gasteiger partial charge in [0.1, 0.15) is 11.3 Å². The molecule has 0 spiro atoms. The Morgan fingerprint density at radius 1 is 1.20 bits per heavy atom. The van der Waals surface area contributed by atoms with E-state index in [4.69, 9.17) is 4.74 Å². The van der Waals surface area contributed by atoms with Gasteiger partial charge in [-0.15, -0.1) is 0 Å². The lowest BCUT2D eigenvalue weighted by Gasteiger charge is -2.26. The Hall–Kier alpha value is -2.17. The summed E-state index contributed by atoms with van der Waals surface area (Å²) in [6.07, 6.45) is 0.896. The summed E-state index contributed by atoms with van der Waals surface area (Å²) in [7, 11) is 2.31. The maximum absolute atomic E-state index is 14.2. The van der Waals surface area contributed by atoms with Crippen molar-refractivity contribution in [1.82, 2.24) is 0 Å². The fourth-order valence-corrected chi connectivity index (χ4v) is 2.14. The summed E-state index contributed by atoms with van der Waals surface area (Å²) in [4.78, 5) is 11.5. The molecule has 1 aliphatic carbocycles. The van der Waals surface area contributed by atoms with E-state index < -0.39 is 23.9 Å². The number of carbonyl (C=O) groups is 1. The summed E-state index contributed by atoms with van der Waals surface area (Å²) in [6.45, 7) is 0. The van der Waals surface area contributed by atoms with Crippen LogP contribution in [-0.2, 0) is 14.3 Å². The van der Waals surface area contributed by atoms with E-state index in [1.807, 2.05) is 0 Å². The number of rotatable bonds is 3. The van der Waals surface area contributed by atoms with E-state index in [2.05, 4.69) is 4.74 Å². The Labute approximate surface area is 115 Å². The highest BCUT2D eigenvalue weighted by atomic mass is 19.3. The lowest BCUT2D eigenvalue weighted by Crippen LogP contribution is -2.30. The number of hydrogen-bond acceptors (Lipinski definition) is 3. The molecule has 0 bridgehead atoms. The highest BCUT2D eigenvalue weighted by Crippen LogP contribution is 2.41. The summed E-state index contributed by atoms with van der Waals surface area (Å²) >= 11 is 0. The van der Waals surface area contributed by atoms with Gasteiger partial charge in [0.2, 0.25) is 0 Å². The van der Waals surface area contributed by atoms with Crippen LogP contribution in [0.2, 0.25) is 0 Å². The minimum absolute atomic E-state index is 0.160. The topological polar surface area (TPSA) is 35.5 Å². The van der Waals surface area contributed by atoms with Crippen molar-refractivity contribution in [2.75, 3.05) is 14.2 Å². The van der Waals surface area contributed by atoms with Crippen molar-refractivity contribution < 1.29 is 23.0 Å².